The molecule has 0 bridgehead atoms. The molecule has 2 amide bonds. The molecule has 1 aromatic heterocycles. The highest BCUT2D eigenvalue weighted by atomic mass is 79.9. The van der Waals surface area contributed by atoms with E-state index >= 15 is 0 Å². The lowest BCUT2D eigenvalue weighted by Crippen LogP contribution is -2.44. The van der Waals surface area contributed by atoms with Gasteiger partial charge in [-0.3, -0.25) is 14.5 Å². The SMILES string of the molecule is Cc1sc(Br)c2c1C(=O)Nc1ccccc1N2C(=O)CCCCN1CCN(C)CC1. The van der Waals surface area contributed by atoms with Crippen LogP contribution < -0.4 is 10.2 Å². The Morgan fingerprint density at radius 1 is 1.17 bits per heavy atom. The van der Waals surface area contributed by atoms with Crippen LogP contribution in [0.15, 0.2) is 28.1 Å². The number of thiophene rings is 1. The summed E-state index contributed by atoms with van der Waals surface area (Å²) in [5.41, 5.74) is 2.64. The summed E-state index contributed by atoms with van der Waals surface area (Å²) in [5.74, 6) is -0.139. The molecule has 30 heavy (non-hydrogen) atoms. The molecule has 8 heteroatoms. The van der Waals surface area contributed by atoms with Crippen LogP contribution in [0.3, 0.4) is 0 Å². The molecule has 4 rings (SSSR count). The van der Waals surface area contributed by atoms with E-state index in [2.05, 4.69) is 38.1 Å². The first-order valence-electron chi connectivity index (χ1n) is 10.4. The number of hydrogen-bond acceptors (Lipinski definition) is 5. The Bertz CT molecular complexity index is 953. The van der Waals surface area contributed by atoms with Crippen LogP contribution in [0, 0.1) is 6.92 Å². The summed E-state index contributed by atoms with van der Waals surface area (Å²) in [7, 11) is 2.16. The smallest absolute Gasteiger partial charge is 0.259 e. The van der Waals surface area contributed by atoms with Crippen molar-refractivity contribution < 1.29 is 9.59 Å². The fraction of sp³-hybridized carbons (Fsp3) is 0.455. The molecule has 1 aromatic carbocycles. The number of nitrogens with zero attached hydrogens (tertiary/aromatic N) is 3. The second-order valence-corrected chi connectivity index (χ2v) is 10.5. The summed E-state index contributed by atoms with van der Waals surface area (Å²) in [6, 6.07) is 7.51. The van der Waals surface area contributed by atoms with Crippen molar-refractivity contribution in [2.24, 2.45) is 0 Å². The number of carbonyl (C=O) groups excluding carboxylic acids is 2. The minimum Gasteiger partial charge on any atom is -0.320 e. The molecule has 3 heterocycles. The van der Waals surface area contributed by atoms with Crippen LogP contribution in [0.5, 0.6) is 0 Å². The molecule has 0 aliphatic carbocycles. The standard InChI is InChI=1S/C22H27BrN4O2S/c1-15-19-20(21(23)30-15)27(17-8-4-3-7-16(17)24-22(19)29)18(28)9-5-6-10-26-13-11-25(2)12-14-26/h3-4,7-8H,5-6,9-14H2,1-2H3,(H,24,29). The van der Waals surface area contributed by atoms with Gasteiger partial charge in [0.1, 0.15) is 0 Å². The van der Waals surface area contributed by atoms with Crippen LogP contribution >= 0.6 is 27.3 Å². The van der Waals surface area contributed by atoms with E-state index in [9.17, 15) is 9.59 Å². The molecule has 0 unspecified atom stereocenters. The lowest BCUT2D eigenvalue weighted by atomic mass is 10.1. The van der Waals surface area contributed by atoms with Gasteiger partial charge in [-0.05, 0) is 61.4 Å². The molecule has 1 N–H and O–H groups in total. The number of benzene rings is 1. The van der Waals surface area contributed by atoms with Gasteiger partial charge in [0.15, 0.2) is 0 Å². The van der Waals surface area contributed by atoms with Crippen molar-refractivity contribution >= 4 is 56.1 Å². The van der Waals surface area contributed by atoms with Crippen LogP contribution in [-0.4, -0.2) is 61.4 Å². The number of hydrogen-bond donors (Lipinski definition) is 1. The molecule has 2 aliphatic rings. The van der Waals surface area contributed by atoms with Gasteiger partial charge in [-0.2, -0.15) is 0 Å². The third-order valence-electron chi connectivity index (χ3n) is 5.82. The van der Waals surface area contributed by atoms with Gasteiger partial charge in [-0.25, -0.2) is 0 Å². The van der Waals surface area contributed by atoms with Crippen LogP contribution in [0.2, 0.25) is 0 Å². The summed E-state index contributed by atoms with van der Waals surface area (Å²) in [4.78, 5) is 33.7. The highest BCUT2D eigenvalue weighted by Crippen LogP contribution is 2.47. The third-order valence-corrected chi connectivity index (χ3v) is 7.57. The average molecular weight is 491 g/mol. The Labute approximate surface area is 190 Å². The minimum atomic E-state index is -0.165. The number of carbonyl (C=O) groups is 2. The van der Waals surface area contributed by atoms with E-state index in [1.165, 1.54) is 11.3 Å². The van der Waals surface area contributed by atoms with Crippen LogP contribution in [0.4, 0.5) is 17.1 Å². The first-order valence-corrected chi connectivity index (χ1v) is 12.0. The van der Waals surface area contributed by atoms with E-state index in [4.69, 9.17) is 0 Å². The number of piperazine rings is 1. The van der Waals surface area contributed by atoms with Gasteiger partial charge in [0.2, 0.25) is 5.91 Å². The Kier molecular flexibility index (Phi) is 6.57. The molecule has 0 saturated carbocycles. The molecule has 1 saturated heterocycles. The molecular formula is C22H27BrN4O2S. The number of anilines is 3. The first kappa shape index (κ1) is 21.5. The number of halogens is 1. The topological polar surface area (TPSA) is 55.9 Å². The summed E-state index contributed by atoms with van der Waals surface area (Å²) in [6.45, 7) is 7.37. The Morgan fingerprint density at radius 3 is 2.67 bits per heavy atom. The molecule has 0 spiro atoms. The van der Waals surface area contributed by atoms with Gasteiger partial charge in [0.25, 0.3) is 5.91 Å². The summed E-state index contributed by atoms with van der Waals surface area (Å²) < 4.78 is 0.813. The van der Waals surface area contributed by atoms with Gasteiger partial charge in [-0.1, -0.05) is 12.1 Å². The quantitative estimate of drug-likeness (QED) is 0.628. The highest BCUT2D eigenvalue weighted by molar-refractivity contribution is 9.11. The van der Waals surface area contributed by atoms with E-state index < -0.39 is 0 Å². The van der Waals surface area contributed by atoms with Crippen molar-refractivity contribution in [2.45, 2.75) is 26.2 Å². The van der Waals surface area contributed by atoms with Gasteiger partial charge < -0.3 is 15.1 Å². The number of para-hydroxylation sites is 2. The maximum absolute atomic E-state index is 13.4. The lowest BCUT2D eigenvalue weighted by Gasteiger charge is -2.32. The fourth-order valence-corrected chi connectivity index (χ4v) is 6.05. The Hall–Kier alpha value is -1.74. The van der Waals surface area contributed by atoms with Crippen molar-refractivity contribution in [3.63, 3.8) is 0 Å². The number of likely N-dealkylation sites (N-methyl/N-ethyl adjacent to an activating group) is 1. The van der Waals surface area contributed by atoms with Gasteiger partial charge in [0, 0.05) is 37.5 Å². The van der Waals surface area contributed by atoms with Crippen molar-refractivity contribution in [2.75, 3.05) is 50.0 Å². The van der Waals surface area contributed by atoms with Crippen LogP contribution in [-0.2, 0) is 4.79 Å². The van der Waals surface area contributed by atoms with Crippen molar-refractivity contribution in [3.8, 4) is 0 Å². The zero-order chi connectivity index (χ0) is 21.3. The van der Waals surface area contributed by atoms with Gasteiger partial charge in [0.05, 0.1) is 26.4 Å². The Balaban J connectivity index is 1.50. The van der Waals surface area contributed by atoms with E-state index in [0.717, 1.165) is 59.9 Å². The zero-order valence-corrected chi connectivity index (χ0v) is 19.8. The normalized spacial score (nSPS) is 17.3. The highest BCUT2D eigenvalue weighted by Gasteiger charge is 2.33. The van der Waals surface area contributed by atoms with Crippen molar-refractivity contribution in [3.05, 3.63) is 38.5 Å². The number of rotatable bonds is 5. The van der Waals surface area contributed by atoms with E-state index in [0.29, 0.717) is 23.4 Å². The van der Waals surface area contributed by atoms with Gasteiger partial charge >= 0.3 is 0 Å². The molecule has 0 atom stereocenters. The summed E-state index contributed by atoms with van der Waals surface area (Å²) in [5, 5.41) is 2.97. The van der Waals surface area contributed by atoms with E-state index in [1.807, 2.05) is 31.2 Å². The van der Waals surface area contributed by atoms with E-state index in [-0.39, 0.29) is 11.8 Å². The molecule has 1 fully saturated rings. The molecule has 0 radical (unpaired) electrons. The average Bonchev–Trinajstić information content (AvgIpc) is 2.93. The maximum atomic E-state index is 13.4. The number of unbranched alkanes of at least 4 members (excludes halogenated alkanes) is 1. The summed E-state index contributed by atoms with van der Waals surface area (Å²) in [6.07, 6.45) is 2.29. The lowest BCUT2D eigenvalue weighted by molar-refractivity contribution is -0.118. The monoisotopic (exact) mass is 490 g/mol. The molecule has 2 aliphatic heterocycles. The second-order valence-electron chi connectivity index (χ2n) is 7.96. The summed E-state index contributed by atoms with van der Waals surface area (Å²) >= 11 is 5.09. The second kappa shape index (κ2) is 9.18. The van der Waals surface area contributed by atoms with Crippen LogP contribution in [0.1, 0.15) is 34.5 Å². The number of nitrogens with one attached hydrogen (secondary N) is 1. The molecule has 2 aromatic rings. The predicted molar refractivity (Wildman–Crippen MR) is 126 cm³/mol. The first-order chi connectivity index (χ1) is 14.5. The number of aryl methyl sites for hydroxylation is 1. The zero-order valence-electron chi connectivity index (χ0n) is 17.4. The van der Waals surface area contributed by atoms with E-state index in [1.54, 1.807) is 4.90 Å². The maximum Gasteiger partial charge on any atom is 0.259 e. The predicted octanol–water partition coefficient (Wildman–Crippen LogP) is 4.47. The van der Waals surface area contributed by atoms with Gasteiger partial charge in [-0.15, -0.1) is 11.3 Å². The number of fused-ring (bicyclic) bond motifs is 2. The minimum absolute atomic E-state index is 0.0251. The fourth-order valence-electron chi connectivity index (χ4n) is 4.10. The molecular weight excluding hydrogens is 464 g/mol. The molecule has 160 valence electrons. The third kappa shape index (κ3) is 4.32. The largest absolute Gasteiger partial charge is 0.320 e. The Morgan fingerprint density at radius 2 is 1.90 bits per heavy atom. The van der Waals surface area contributed by atoms with Crippen molar-refractivity contribution in [1.29, 1.82) is 0 Å². The van der Waals surface area contributed by atoms with Crippen LogP contribution in [0.25, 0.3) is 0 Å². The number of amides is 2. The molecule has 6 nitrogen and oxygen atoms in total. The van der Waals surface area contributed by atoms with Crippen molar-refractivity contribution in [1.82, 2.24) is 9.80 Å².